The van der Waals surface area contributed by atoms with Crippen LogP contribution in [0.1, 0.15) is 5.69 Å². The van der Waals surface area contributed by atoms with E-state index in [1.807, 2.05) is 6.92 Å². The molecule has 0 spiro atoms. The number of aryl methyl sites for hydroxylation is 1. The molecular weight excluding hydrogens is 171 g/mol. The van der Waals surface area contributed by atoms with Gasteiger partial charge in [0.15, 0.2) is 11.6 Å². The Morgan fingerprint density at radius 2 is 2.23 bits per heavy atom. The molecule has 0 fully saturated rings. The lowest BCUT2D eigenvalue weighted by atomic mass is 10.2. The number of fused-ring (bicyclic) bond motifs is 1. The number of methoxy groups -OCH3 is 1. The summed E-state index contributed by atoms with van der Waals surface area (Å²) in [5.41, 5.74) is 1.53. The van der Waals surface area contributed by atoms with Gasteiger partial charge in [-0.1, -0.05) is 0 Å². The summed E-state index contributed by atoms with van der Waals surface area (Å²) in [6, 6.07) is 3.00. The first-order chi connectivity index (χ1) is 6.22. The lowest BCUT2D eigenvalue weighted by Gasteiger charge is -2.00. The maximum atomic E-state index is 13.2. The van der Waals surface area contributed by atoms with Crippen LogP contribution in [0.15, 0.2) is 12.1 Å². The van der Waals surface area contributed by atoms with Crippen molar-refractivity contribution in [3.05, 3.63) is 23.6 Å². The Balaban J connectivity index is 2.77. The van der Waals surface area contributed by atoms with Crippen molar-refractivity contribution in [2.45, 2.75) is 6.92 Å². The van der Waals surface area contributed by atoms with Crippen LogP contribution in [0.4, 0.5) is 4.39 Å². The van der Waals surface area contributed by atoms with E-state index in [0.29, 0.717) is 5.52 Å². The average molecular weight is 180 g/mol. The number of nitrogens with one attached hydrogen (secondary N) is 1. The number of halogens is 1. The van der Waals surface area contributed by atoms with Gasteiger partial charge in [-0.2, -0.15) is 5.10 Å². The molecule has 0 bridgehead atoms. The molecule has 0 atom stereocenters. The fourth-order valence-corrected chi connectivity index (χ4v) is 1.30. The van der Waals surface area contributed by atoms with Crippen LogP contribution >= 0.6 is 0 Å². The molecule has 1 heterocycles. The van der Waals surface area contributed by atoms with Crippen LogP contribution in [0.2, 0.25) is 0 Å². The molecule has 0 saturated heterocycles. The van der Waals surface area contributed by atoms with Crippen molar-refractivity contribution in [2.75, 3.05) is 7.11 Å². The second kappa shape index (κ2) is 2.73. The van der Waals surface area contributed by atoms with E-state index < -0.39 is 0 Å². The summed E-state index contributed by atoms with van der Waals surface area (Å²) < 4.78 is 18.0. The van der Waals surface area contributed by atoms with Crippen molar-refractivity contribution in [1.29, 1.82) is 0 Å². The zero-order valence-electron chi connectivity index (χ0n) is 7.39. The SMILES string of the molecule is COc1cc2c(C)[nH]nc2cc1F. The van der Waals surface area contributed by atoms with Crippen LogP contribution in [0.3, 0.4) is 0 Å². The first kappa shape index (κ1) is 8.04. The van der Waals surface area contributed by atoms with Gasteiger partial charge >= 0.3 is 0 Å². The number of aromatic amines is 1. The quantitative estimate of drug-likeness (QED) is 0.729. The number of hydrogen-bond acceptors (Lipinski definition) is 2. The second-order valence-electron chi connectivity index (χ2n) is 2.85. The number of aromatic nitrogens is 2. The van der Waals surface area contributed by atoms with Crippen molar-refractivity contribution < 1.29 is 9.13 Å². The lowest BCUT2D eigenvalue weighted by molar-refractivity contribution is 0.387. The predicted molar refractivity (Wildman–Crippen MR) is 47.3 cm³/mol. The lowest BCUT2D eigenvalue weighted by Crippen LogP contribution is -1.87. The van der Waals surface area contributed by atoms with Crippen LogP contribution in [0.25, 0.3) is 10.9 Å². The molecule has 0 amide bonds. The monoisotopic (exact) mass is 180 g/mol. The molecule has 1 aromatic carbocycles. The van der Waals surface area contributed by atoms with E-state index in [1.54, 1.807) is 6.07 Å². The van der Waals surface area contributed by atoms with E-state index >= 15 is 0 Å². The zero-order valence-corrected chi connectivity index (χ0v) is 7.39. The maximum absolute atomic E-state index is 13.2. The summed E-state index contributed by atoms with van der Waals surface area (Å²) in [4.78, 5) is 0. The third-order valence-electron chi connectivity index (χ3n) is 2.02. The molecule has 1 aromatic heterocycles. The average Bonchev–Trinajstić information content (AvgIpc) is 2.46. The number of H-pyrrole nitrogens is 1. The van der Waals surface area contributed by atoms with Crippen molar-refractivity contribution in [3.8, 4) is 5.75 Å². The smallest absolute Gasteiger partial charge is 0.167 e. The Labute approximate surface area is 74.5 Å². The van der Waals surface area contributed by atoms with Gasteiger partial charge in [-0.25, -0.2) is 4.39 Å². The summed E-state index contributed by atoms with van der Waals surface area (Å²) >= 11 is 0. The van der Waals surface area contributed by atoms with E-state index in [9.17, 15) is 4.39 Å². The van der Waals surface area contributed by atoms with E-state index in [4.69, 9.17) is 4.74 Å². The number of benzene rings is 1. The van der Waals surface area contributed by atoms with E-state index in [0.717, 1.165) is 11.1 Å². The Morgan fingerprint density at radius 1 is 1.46 bits per heavy atom. The molecule has 0 aliphatic heterocycles. The topological polar surface area (TPSA) is 37.9 Å². The highest BCUT2D eigenvalue weighted by molar-refractivity contribution is 5.82. The highest BCUT2D eigenvalue weighted by Gasteiger charge is 2.08. The van der Waals surface area contributed by atoms with Crippen molar-refractivity contribution in [1.82, 2.24) is 10.2 Å². The minimum Gasteiger partial charge on any atom is -0.494 e. The fourth-order valence-electron chi connectivity index (χ4n) is 1.30. The van der Waals surface area contributed by atoms with Gasteiger partial charge in [0.25, 0.3) is 0 Å². The number of hydrogen-bond donors (Lipinski definition) is 1. The number of ether oxygens (including phenoxy) is 1. The first-order valence-electron chi connectivity index (χ1n) is 3.90. The number of nitrogens with zero attached hydrogens (tertiary/aromatic N) is 1. The van der Waals surface area contributed by atoms with Crippen LogP contribution in [0, 0.1) is 12.7 Å². The van der Waals surface area contributed by atoms with Gasteiger partial charge in [-0.05, 0) is 13.0 Å². The second-order valence-corrected chi connectivity index (χ2v) is 2.85. The van der Waals surface area contributed by atoms with Gasteiger partial charge in [0.2, 0.25) is 0 Å². The van der Waals surface area contributed by atoms with Crippen molar-refractivity contribution in [3.63, 3.8) is 0 Å². The maximum Gasteiger partial charge on any atom is 0.167 e. The predicted octanol–water partition coefficient (Wildman–Crippen LogP) is 2.02. The fraction of sp³-hybridized carbons (Fsp3) is 0.222. The third kappa shape index (κ3) is 1.14. The molecule has 0 aliphatic carbocycles. The molecule has 0 saturated carbocycles. The van der Waals surface area contributed by atoms with Crippen LogP contribution in [-0.4, -0.2) is 17.3 Å². The Bertz CT molecular complexity index is 450. The minimum absolute atomic E-state index is 0.247. The Kier molecular flexibility index (Phi) is 1.69. The van der Waals surface area contributed by atoms with Crippen LogP contribution in [-0.2, 0) is 0 Å². The van der Waals surface area contributed by atoms with Gasteiger partial charge in [-0.15, -0.1) is 0 Å². The molecule has 1 N–H and O–H groups in total. The van der Waals surface area contributed by atoms with Crippen molar-refractivity contribution in [2.24, 2.45) is 0 Å². The van der Waals surface area contributed by atoms with E-state index in [2.05, 4.69) is 10.2 Å². The highest BCUT2D eigenvalue weighted by atomic mass is 19.1. The van der Waals surface area contributed by atoms with Gasteiger partial charge in [-0.3, -0.25) is 5.10 Å². The Hall–Kier alpha value is -1.58. The molecule has 0 unspecified atom stereocenters. The molecule has 3 nitrogen and oxygen atoms in total. The van der Waals surface area contributed by atoms with Gasteiger partial charge in [0, 0.05) is 17.1 Å². The van der Waals surface area contributed by atoms with Gasteiger partial charge < -0.3 is 4.74 Å². The standard InChI is InChI=1S/C9H9FN2O/c1-5-6-3-9(13-2)7(10)4-8(6)12-11-5/h3-4H,1-2H3,(H,11,12). The summed E-state index contributed by atoms with van der Waals surface area (Å²) in [5.74, 6) is -0.140. The normalized spacial score (nSPS) is 10.7. The third-order valence-corrected chi connectivity index (χ3v) is 2.02. The number of rotatable bonds is 1. The molecule has 0 radical (unpaired) electrons. The molecule has 13 heavy (non-hydrogen) atoms. The molecule has 2 aromatic rings. The summed E-state index contributed by atoms with van der Waals surface area (Å²) in [6.07, 6.45) is 0. The zero-order chi connectivity index (χ0) is 9.42. The minimum atomic E-state index is -0.387. The van der Waals surface area contributed by atoms with Gasteiger partial charge in [0.1, 0.15) is 0 Å². The summed E-state index contributed by atoms with van der Waals surface area (Å²) in [5, 5.41) is 7.60. The molecule has 2 rings (SSSR count). The molecule has 4 heteroatoms. The van der Waals surface area contributed by atoms with E-state index in [-0.39, 0.29) is 11.6 Å². The largest absolute Gasteiger partial charge is 0.494 e. The molecule has 0 aliphatic rings. The molecule has 68 valence electrons. The van der Waals surface area contributed by atoms with Crippen molar-refractivity contribution >= 4 is 10.9 Å². The van der Waals surface area contributed by atoms with Crippen LogP contribution < -0.4 is 4.74 Å². The Morgan fingerprint density at radius 3 is 2.92 bits per heavy atom. The molecular formula is C9H9FN2O. The first-order valence-corrected chi connectivity index (χ1v) is 3.90. The summed E-state index contributed by atoms with van der Waals surface area (Å²) in [7, 11) is 1.44. The summed E-state index contributed by atoms with van der Waals surface area (Å²) in [6.45, 7) is 1.88. The van der Waals surface area contributed by atoms with E-state index in [1.165, 1.54) is 13.2 Å². The highest BCUT2D eigenvalue weighted by Crippen LogP contribution is 2.24. The van der Waals surface area contributed by atoms with Gasteiger partial charge in [0.05, 0.1) is 12.6 Å². The van der Waals surface area contributed by atoms with Crippen LogP contribution in [0.5, 0.6) is 5.75 Å².